The Bertz CT molecular complexity index is 1290. The lowest BCUT2D eigenvalue weighted by atomic mass is 9.48. The quantitative estimate of drug-likeness (QED) is 0.422. The average molecular weight is 545 g/mol. The second kappa shape index (κ2) is 8.89. The second-order valence-corrected chi connectivity index (χ2v) is 11.4. The summed E-state index contributed by atoms with van der Waals surface area (Å²) in [6.45, 7) is 5.36. The van der Waals surface area contributed by atoms with E-state index in [-0.39, 0.29) is 24.1 Å². The van der Waals surface area contributed by atoms with Crippen LogP contribution in [0, 0.1) is 0 Å². The van der Waals surface area contributed by atoms with Crippen LogP contribution in [0.1, 0.15) is 36.0 Å². The Morgan fingerprint density at radius 2 is 2.11 bits per heavy atom. The summed E-state index contributed by atoms with van der Waals surface area (Å²) in [5.74, 6) is 0.242. The molecule has 1 saturated heterocycles. The van der Waals surface area contributed by atoms with Crippen LogP contribution < -0.4 is 4.74 Å². The summed E-state index contributed by atoms with van der Waals surface area (Å²) in [7, 11) is 1.48. The van der Waals surface area contributed by atoms with Gasteiger partial charge in [0.05, 0.1) is 40.6 Å². The number of carbonyl (C=O) groups is 1. The molecule has 1 spiro atoms. The maximum absolute atomic E-state index is 13.6. The van der Waals surface area contributed by atoms with Crippen LogP contribution in [0.2, 0.25) is 10.0 Å². The molecule has 6 rings (SSSR count). The zero-order valence-corrected chi connectivity index (χ0v) is 22.1. The molecule has 37 heavy (non-hydrogen) atoms. The highest BCUT2D eigenvalue weighted by atomic mass is 35.5. The zero-order valence-electron chi connectivity index (χ0n) is 20.6. The van der Waals surface area contributed by atoms with E-state index in [9.17, 15) is 15.0 Å². The number of aromatic hydroxyl groups is 1. The Hall–Kier alpha value is -2.29. The Morgan fingerprint density at radius 1 is 1.30 bits per heavy atom. The minimum absolute atomic E-state index is 0.0571. The molecule has 2 aliphatic carbocycles. The van der Waals surface area contributed by atoms with E-state index < -0.39 is 23.2 Å². The van der Waals surface area contributed by atoms with E-state index >= 15 is 0 Å². The smallest absolute Gasteiger partial charge is 0.250 e. The SMILES string of the molecule is C=CCN1CC[C@]23c4c5ccc(O)c4O[C@H]2[C@@H](N(OC)C(=O)Cc2ccc(Cl)c(Cl)c2)CC[C@@]3(O)[C@H]1C5. The lowest BCUT2D eigenvalue weighted by Gasteiger charge is -2.64. The van der Waals surface area contributed by atoms with E-state index in [4.69, 9.17) is 32.8 Å². The Morgan fingerprint density at radius 3 is 2.84 bits per heavy atom. The van der Waals surface area contributed by atoms with E-state index in [1.165, 1.54) is 12.2 Å². The van der Waals surface area contributed by atoms with Crippen LogP contribution in [0.3, 0.4) is 0 Å². The van der Waals surface area contributed by atoms with E-state index in [2.05, 4.69) is 11.5 Å². The van der Waals surface area contributed by atoms with Gasteiger partial charge in [0.15, 0.2) is 11.5 Å². The van der Waals surface area contributed by atoms with Crippen LogP contribution in [0.4, 0.5) is 0 Å². The molecule has 1 saturated carbocycles. The maximum atomic E-state index is 13.6. The molecule has 2 fully saturated rings. The molecule has 0 unspecified atom stereocenters. The summed E-state index contributed by atoms with van der Waals surface area (Å²) < 4.78 is 6.54. The highest BCUT2D eigenvalue weighted by molar-refractivity contribution is 6.42. The number of aliphatic hydroxyl groups is 1. The van der Waals surface area contributed by atoms with Gasteiger partial charge in [0, 0.05) is 18.2 Å². The number of amides is 1. The Balaban J connectivity index is 1.40. The third kappa shape index (κ3) is 3.41. The molecule has 7 nitrogen and oxygen atoms in total. The predicted octanol–water partition coefficient (Wildman–Crippen LogP) is 4.04. The second-order valence-electron chi connectivity index (χ2n) is 10.6. The van der Waals surface area contributed by atoms with Crippen molar-refractivity contribution in [2.24, 2.45) is 0 Å². The molecule has 2 bridgehead atoms. The van der Waals surface area contributed by atoms with Gasteiger partial charge in [-0.25, -0.2) is 5.06 Å². The van der Waals surface area contributed by atoms with Crippen LogP contribution >= 0.6 is 23.2 Å². The molecule has 9 heteroatoms. The lowest BCUT2D eigenvalue weighted by molar-refractivity contribution is -0.239. The summed E-state index contributed by atoms with van der Waals surface area (Å²) in [6.07, 6.45) is 3.65. The van der Waals surface area contributed by atoms with Crippen molar-refractivity contribution < 1.29 is 24.6 Å². The number of piperidine rings is 1. The van der Waals surface area contributed by atoms with Crippen LogP contribution in [0.5, 0.6) is 11.5 Å². The molecule has 196 valence electrons. The highest BCUT2D eigenvalue weighted by Gasteiger charge is 2.73. The van der Waals surface area contributed by atoms with Crippen molar-refractivity contribution in [3.63, 3.8) is 0 Å². The number of hydrogen-bond acceptors (Lipinski definition) is 6. The van der Waals surface area contributed by atoms with Gasteiger partial charge < -0.3 is 14.9 Å². The van der Waals surface area contributed by atoms with E-state index in [1.54, 1.807) is 24.3 Å². The van der Waals surface area contributed by atoms with Crippen LogP contribution in [-0.2, 0) is 27.9 Å². The summed E-state index contributed by atoms with van der Waals surface area (Å²) >= 11 is 12.2. The van der Waals surface area contributed by atoms with Gasteiger partial charge in [-0.2, -0.15) is 0 Å². The van der Waals surface area contributed by atoms with E-state index in [0.29, 0.717) is 48.0 Å². The van der Waals surface area contributed by atoms with Crippen molar-refractivity contribution in [1.29, 1.82) is 0 Å². The van der Waals surface area contributed by atoms with Gasteiger partial charge in [0.25, 0.3) is 5.91 Å². The van der Waals surface area contributed by atoms with E-state index in [1.807, 2.05) is 12.1 Å². The predicted molar refractivity (Wildman–Crippen MR) is 140 cm³/mol. The van der Waals surface area contributed by atoms with Crippen molar-refractivity contribution >= 4 is 29.1 Å². The molecule has 0 radical (unpaired) electrons. The van der Waals surface area contributed by atoms with Crippen LogP contribution in [0.25, 0.3) is 0 Å². The standard InChI is InChI=1S/C28H30Cl2N2O5/c1-3-11-31-12-10-27-24-17-5-7-21(33)25(24)37-26(27)20(8-9-28(27,35)22(31)15-17)32(36-2)23(34)14-16-4-6-18(29)19(30)13-16/h3-7,13,20,22,26,33,35H,1,8-12,14-15H2,2H3/t20-,22+,26-,27-,28+/m0/s1. The zero-order chi connectivity index (χ0) is 26.1. The first-order valence-corrected chi connectivity index (χ1v) is 13.4. The third-order valence-corrected chi connectivity index (χ3v) is 9.73. The van der Waals surface area contributed by atoms with E-state index in [0.717, 1.165) is 23.2 Å². The largest absolute Gasteiger partial charge is 0.504 e. The number of nitrogens with zero attached hydrogens (tertiary/aromatic N) is 2. The first kappa shape index (κ1) is 25.0. The Kier molecular flexibility index (Phi) is 6.01. The van der Waals surface area contributed by atoms with Gasteiger partial charge in [-0.1, -0.05) is 41.4 Å². The van der Waals surface area contributed by atoms with Crippen molar-refractivity contribution in [1.82, 2.24) is 9.96 Å². The van der Waals surface area contributed by atoms with Gasteiger partial charge in [0.1, 0.15) is 6.10 Å². The fourth-order valence-electron chi connectivity index (χ4n) is 7.55. The highest BCUT2D eigenvalue weighted by Crippen LogP contribution is 2.65. The molecular weight excluding hydrogens is 515 g/mol. The summed E-state index contributed by atoms with van der Waals surface area (Å²) in [5, 5.41) is 25.5. The number of hydroxylamine groups is 2. The molecule has 4 aliphatic rings. The van der Waals surface area contributed by atoms with Crippen molar-refractivity contribution in [2.45, 2.75) is 61.3 Å². The fraction of sp³-hybridized carbons (Fsp3) is 0.464. The number of likely N-dealkylation sites (tertiary alicyclic amines) is 1. The van der Waals surface area contributed by atoms with Crippen molar-refractivity contribution in [3.05, 3.63) is 69.7 Å². The molecule has 1 amide bonds. The summed E-state index contributed by atoms with van der Waals surface area (Å²) in [6, 6.07) is 8.16. The number of halogens is 2. The number of ether oxygens (including phenoxy) is 1. The third-order valence-electron chi connectivity index (χ3n) is 8.99. The molecular formula is C28H30Cl2N2O5. The normalized spacial score (nSPS) is 31.4. The summed E-state index contributed by atoms with van der Waals surface area (Å²) in [5.41, 5.74) is 0.851. The molecule has 2 aliphatic heterocycles. The molecule has 2 N–H and O–H groups in total. The van der Waals surface area contributed by atoms with Gasteiger partial charge in [0.2, 0.25) is 0 Å². The number of carbonyl (C=O) groups excluding carboxylic acids is 1. The van der Waals surface area contributed by atoms with Crippen molar-refractivity contribution in [2.75, 3.05) is 20.2 Å². The summed E-state index contributed by atoms with van der Waals surface area (Å²) in [4.78, 5) is 21.6. The first-order valence-electron chi connectivity index (χ1n) is 12.6. The Labute approximate surface area is 226 Å². The lowest BCUT2D eigenvalue weighted by Crippen LogP contribution is -2.78. The monoisotopic (exact) mass is 544 g/mol. The minimum atomic E-state index is -1.08. The molecule has 2 heterocycles. The molecule has 2 aromatic rings. The van der Waals surface area contributed by atoms with Gasteiger partial charge >= 0.3 is 0 Å². The minimum Gasteiger partial charge on any atom is -0.504 e. The number of phenolic OH excluding ortho intramolecular Hbond substituents is 1. The number of benzene rings is 2. The molecule has 2 aromatic carbocycles. The number of hydrogen-bond donors (Lipinski definition) is 2. The van der Waals surface area contributed by atoms with Gasteiger partial charge in [-0.05, 0) is 61.6 Å². The van der Waals surface area contributed by atoms with Crippen molar-refractivity contribution in [3.8, 4) is 11.5 Å². The molecule has 0 aromatic heterocycles. The maximum Gasteiger partial charge on any atom is 0.250 e. The first-order chi connectivity index (χ1) is 17.7. The molecule has 5 atom stereocenters. The van der Waals surface area contributed by atoms with Crippen LogP contribution in [-0.4, -0.2) is 70.1 Å². The van der Waals surface area contributed by atoms with Gasteiger partial charge in [-0.3, -0.25) is 14.5 Å². The van der Waals surface area contributed by atoms with Crippen LogP contribution in [0.15, 0.2) is 43.0 Å². The topological polar surface area (TPSA) is 82.5 Å². The fourth-order valence-corrected chi connectivity index (χ4v) is 7.87. The average Bonchev–Trinajstić information content (AvgIpc) is 3.22. The number of phenols is 1. The van der Waals surface area contributed by atoms with Gasteiger partial charge in [-0.15, -0.1) is 6.58 Å². The number of rotatable bonds is 6.